The molecule has 2 unspecified atom stereocenters. The number of carboxylic acids is 1. The van der Waals surface area contributed by atoms with Gasteiger partial charge in [-0.15, -0.1) is 0 Å². The van der Waals surface area contributed by atoms with E-state index in [-0.39, 0.29) is 5.75 Å². The van der Waals surface area contributed by atoms with Gasteiger partial charge in [0.2, 0.25) is 0 Å². The Morgan fingerprint density at radius 1 is 1.42 bits per heavy atom. The number of fused-ring (bicyclic) bond motifs is 1. The number of benzene rings is 1. The van der Waals surface area contributed by atoms with E-state index in [1.54, 1.807) is 0 Å². The highest BCUT2D eigenvalue weighted by Gasteiger charge is 2.20. The van der Waals surface area contributed by atoms with Crippen LogP contribution < -0.4 is 0 Å². The van der Waals surface area contributed by atoms with Gasteiger partial charge in [-0.05, 0) is 31.5 Å². The monoisotopic (exact) mass is 277 g/mol. The van der Waals surface area contributed by atoms with Gasteiger partial charge < -0.3 is 5.11 Å². The van der Waals surface area contributed by atoms with Gasteiger partial charge in [-0.25, -0.2) is 0 Å². The number of rotatable bonds is 4. The molecule has 0 saturated carbocycles. The predicted molar refractivity (Wildman–Crippen MR) is 75.4 cm³/mol. The first kappa shape index (κ1) is 13.7. The van der Waals surface area contributed by atoms with Crippen LogP contribution in [-0.4, -0.2) is 25.5 Å². The lowest BCUT2D eigenvalue weighted by Crippen LogP contribution is -2.23. The van der Waals surface area contributed by atoms with Crippen molar-refractivity contribution in [1.82, 2.24) is 4.98 Å². The van der Waals surface area contributed by atoms with Gasteiger partial charge in [-0.2, -0.15) is 0 Å². The van der Waals surface area contributed by atoms with E-state index in [4.69, 9.17) is 5.11 Å². The minimum absolute atomic E-state index is 0.233. The number of hydrogen-bond acceptors (Lipinski definition) is 3. The number of pyridine rings is 1. The van der Waals surface area contributed by atoms with E-state index < -0.39 is 22.0 Å². The fraction of sp³-hybridized carbons (Fsp3) is 0.286. The number of carboxylic acid groups (broad SMARTS) is 1. The third-order valence-electron chi connectivity index (χ3n) is 2.97. The topological polar surface area (TPSA) is 67.3 Å². The summed E-state index contributed by atoms with van der Waals surface area (Å²) < 4.78 is 12.0. The Bertz CT molecular complexity index is 654. The van der Waals surface area contributed by atoms with Crippen molar-refractivity contribution in [2.24, 2.45) is 0 Å². The van der Waals surface area contributed by atoms with E-state index in [0.29, 0.717) is 0 Å². The van der Waals surface area contributed by atoms with Crippen LogP contribution in [0, 0.1) is 6.92 Å². The van der Waals surface area contributed by atoms with Crippen molar-refractivity contribution in [3.05, 3.63) is 41.6 Å². The lowest BCUT2D eigenvalue weighted by molar-refractivity contribution is -0.136. The molecule has 0 aliphatic heterocycles. The van der Waals surface area contributed by atoms with E-state index in [0.717, 1.165) is 22.2 Å². The lowest BCUT2D eigenvalue weighted by Gasteiger charge is -2.10. The SMILES string of the molecule is Cc1cc(CS(=O)C(C)C(=O)O)c2ccccc2n1. The minimum Gasteiger partial charge on any atom is -0.480 e. The third kappa shape index (κ3) is 2.98. The average molecular weight is 277 g/mol. The Hall–Kier alpha value is -1.75. The second-order valence-electron chi connectivity index (χ2n) is 4.45. The van der Waals surface area contributed by atoms with Crippen LogP contribution in [0.4, 0.5) is 0 Å². The summed E-state index contributed by atoms with van der Waals surface area (Å²) in [6.07, 6.45) is 0. The van der Waals surface area contributed by atoms with Gasteiger partial charge in [0.25, 0.3) is 0 Å². The van der Waals surface area contributed by atoms with Crippen LogP contribution in [0.2, 0.25) is 0 Å². The molecule has 0 aliphatic rings. The summed E-state index contributed by atoms with van der Waals surface area (Å²) in [7, 11) is -1.44. The van der Waals surface area contributed by atoms with Crippen LogP contribution in [0.1, 0.15) is 18.2 Å². The number of hydrogen-bond donors (Lipinski definition) is 1. The molecule has 19 heavy (non-hydrogen) atoms. The molecule has 2 rings (SSSR count). The summed E-state index contributed by atoms with van der Waals surface area (Å²) in [5.41, 5.74) is 2.57. The normalized spacial score (nSPS) is 14.2. The predicted octanol–water partition coefficient (Wildman–Crippen LogP) is 2.27. The Labute approximate surface area is 113 Å². The molecule has 2 atom stereocenters. The highest BCUT2D eigenvalue weighted by Crippen LogP contribution is 2.20. The van der Waals surface area contributed by atoms with Crippen molar-refractivity contribution < 1.29 is 14.1 Å². The molecule has 100 valence electrons. The summed E-state index contributed by atoms with van der Waals surface area (Å²) in [5.74, 6) is -0.800. The van der Waals surface area contributed by atoms with Crippen LogP contribution in [-0.2, 0) is 21.3 Å². The maximum atomic E-state index is 12.0. The lowest BCUT2D eigenvalue weighted by atomic mass is 10.1. The maximum absolute atomic E-state index is 12.0. The molecule has 0 fully saturated rings. The van der Waals surface area contributed by atoms with Crippen molar-refractivity contribution in [2.75, 3.05) is 0 Å². The number of aromatic nitrogens is 1. The van der Waals surface area contributed by atoms with Crippen molar-refractivity contribution in [3.63, 3.8) is 0 Å². The standard InChI is InChI=1S/C14H15NO3S/c1-9-7-11(8-19(18)10(2)14(16)17)12-5-3-4-6-13(12)15-9/h3-7,10H,8H2,1-2H3,(H,16,17). The van der Waals surface area contributed by atoms with Crippen molar-refractivity contribution in [1.29, 1.82) is 0 Å². The smallest absolute Gasteiger partial charge is 0.318 e. The molecule has 1 aromatic carbocycles. The fourth-order valence-electron chi connectivity index (χ4n) is 1.90. The van der Waals surface area contributed by atoms with Crippen LogP contribution >= 0.6 is 0 Å². The molecule has 0 saturated heterocycles. The van der Waals surface area contributed by atoms with Crippen LogP contribution in [0.5, 0.6) is 0 Å². The molecule has 5 heteroatoms. The number of nitrogens with zero attached hydrogens (tertiary/aromatic N) is 1. The van der Waals surface area contributed by atoms with Crippen molar-refractivity contribution >= 4 is 27.7 Å². The van der Waals surface area contributed by atoms with Gasteiger partial charge in [-0.3, -0.25) is 14.0 Å². The minimum atomic E-state index is -1.44. The third-order valence-corrected chi connectivity index (χ3v) is 4.56. The first-order chi connectivity index (χ1) is 8.99. The Balaban J connectivity index is 2.40. The molecular weight excluding hydrogens is 262 g/mol. The number of carbonyl (C=O) groups is 1. The summed E-state index contributed by atoms with van der Waals surface area (Å²) >= 11 is 0. The average Bonchev–Trinajstić information content (AvgIpc) is 2.37. The van der Waals surface area contributed by atoms with Gasteiger partial charge in [0.15, 0.2) is 0 Å². The number of para-hydroxylation sites is 1. The summed E-state index contributed by atoms with van der Waals surface area (Å²) in [6.45, 7) is 3.34. The molecule has 0 radical (unpaired) electrons. The Kier molecular flexibility index (Phi) is 3.95. The summed E-state index contributed by atoms with van der Waals surface area (Å²) in [4.78, 5) is 15.3. The van der Waals surface area contributed by atoms with E-state index in [9.17, 15) is 9.00 Å². The molecule has 0 aliphatic carbocycles. The molecular formula is C14H15NO3S. The highest BCUT2D eigenvalue weighted by atomic mass is 32.2. The molecule has 4 nitrogen and oxygen atoms in total. The van der Waals surface area contributed by atoms with Gasteiger partial charge in [0, 0.05) is 21.9 Å². The van der Waals surface area contributed by atoms with Crippen molar-refractivity contribution in [3.8, 4) is 0 Å². The van der Waals surface area contributed by atoms with E-state index in [2.05, 4.69) is 4.98 Å². The zero-order valence-corrected chi connectivity index (χ0v) is 11.6. The van der Waals surface area contributed by atoms with Crippen LogP contribution in [0.3, 0.4) is 0 Å². The van der Waals surface area contributed by atoms with E-state index >= 15 is 0 Å². The molecule has 1 aromatic heterocycles. The van der Waals surface area contributed by atoms with Gasteiger partial charge in [0.1, 0.15) is 5.25 Å². The fourth-order valence-corrected chi connectivity index (χ4v) is 2.93. The van der Waals surface area contributed by atoms with Crippen LogP contribution in [0.25, 0.3) is 10.9 Å². The molecule has 0 bridgehead atoms. The Morgan fingerprint density at radius 3 is 2.79 bits per heavy atom. The molecule has 1 heterocycles. The number of aryl methyl sites for hydroxylation is 1. The second kappa shape index (κ2) is 5.48. The first-order valence-electron chi connectivity index (χ1n) is 5.94. The zero-order chi connectivity index (χ0) is 14.0. The second-order valence-corrected chi connectivity index (χ2v) is 6.20. The summed E-state index contributed by atoms with van der Waals surface area (Å²) in [5, 5.41) is 8.95. The molecule has 0 amide bonds. The summed E-state index contributed by atoms with van der Waals surface area (Å²) in [6, 6.07) is 9.48. The van der Waals surface area contributed by atoms with Gasteiger partial charge in [0.05, 0.1) is 11.3 Å². The van der Waals surface area contributed by atoms with E-state index in [1.807, 2.05) is 37.3 Å². The number of aliphatic carboxylic acids is 1. The van der Waals surface area contributed by atoms with Crippen molar-refractivity contribution in [2.45, 2.75) is 24.9 Å². The quantitative estimate of drug-likeness (QED) is 0.931. The zero-order valence-electron chi connectivity index (χ0n) is 10.8. The van der Waals surface area contributed by atoms with E-state index in [1.165, 1.54) is 6.92 Å². The van der Waals surface area contributed by atoms with Gasteiger partial charge in [-0.1, -0.05) is 18.2 Å². The Morgan fingerprint density at radius 2 is 2.11 bits per heavy atom. The first-order valence-corrected chi connectivity index (χ1v) is 7.32. The maximum Gasteiger partial charge on any atom is 0.318 e. The molecule has 2 aromatic rings. The highest BCUT2D eigenvalue weighted by molar-refractivity contribution is 7.85. The van der Waals surface area contributed by atoms with Gasteiger partial charge >= 0.3 is 5.97 Å². The molecule has 0 spiro atoms. The van der Waals surface area contributed by atoms with Crippen LogP contribution in [0.15, 0.2) is 30.3 Å². The largest absolute Gasteiger partial charge is 0.480 e. The molecule has 1 N–H and O–H groups in total.